The highest BCUT2D eigenvalue weighted by Crippen LogP contribution is 2.36. The molecular formula is C23H27F3N4O. The average molecular weight is 432 g/mol. The van der Waals surface area contributed by atoms with Crippen LogP contribution in [0.1, 0.15) is 24.0 Å². The quantitative estimate of drug-likeness (QED) is 0.745. The van der Waals surface area contributed by atoms with E-state index in [2.05, 4.69) is 16.3 Å². The topological polar surface area (TPSA) is 38.8 Å². The Morgan fingerprint density at radius 2 is 1.61 bits per heavy atom. The van der Waals surface area contributed by atoms with E-state index in [4.69, 9.17) is 0 Å². The molecule has 2 fully saturated rings. The Bertz CT molecular complexity index is 933. The normalized spacial score (nSPS) is 17.2. The molecule has 0 radical (unpaired) electrons. The fourth-order valence-corrected chi connectivity index (χ4v) is 4.23. The highest BCUT2D eigenvalue weighted by atomic mass is 19.4. The van der Waals surface area contributed by atoms with Gasteiger partial charge in [0.1, 0.15) is 0 Å². The van der Waals surface area contributed by atoms with Crippen molar-refractivity contribution in [3.05, 3.63) is 53.6 Å². The number of alkyl halides is 3. The second-order valence-corrected chi connectivity index (χ2v) is 8.17. The number of carbonyl (C=O) groups is 1. The van der Waals surface area contributed by atoms with Crippen LogP contribution in [0.15, 0.2) is 42.5 Å². The Kier molecular flexibility index (Phi) is 5.98. The molecule has 5 nitrogen and oxygen atoms in total. The molecule has 2 aliphatic heterocycles. The van der Waals surface area contributed by atoms with Gasteiger partial charge in [0, 0.05) is 45.0 Å². The van der Waals surface area contributed by atoms with Crippen LogP contribution in [-0.4, -0.2) is 50.2 Å². The molecule has 2 aromatic carbocycles. The summed E-state index contributed by atoms with van der Waals surface area (Å²) in [7, 11) is 0. The summed E-state index contributed by atoms with van der Waals surface area (Å²) in [6.45, 7) is 5.99. The van der Waals surface area contributed by atoms with Crippen LogP contribution in [0.2, 0.25) is 0 Å². The first-order chi connectivity index (χ1) is 14.8. The van der Waals surface area contributed by atoms with Crippen molar-refractivity contribution in [1.82, 2.24) is 4.90 Å². The number of nitrogens with one attached hydrogen (secondary N) is 1. The van der Waals surface area contributed by atoms with Crippen LogP contribution in [-0.2, 0) is 6.18 Å². The predicted molar refractivity (Wildman–Crippen MR) is 117 cm³/mol. The lowest BCUT2D eigenvalue weighted by atomic mass is 10.1. The van der Waals surface area contributed by atoms with Crippen LogP contribution in [0.4, 0.5) is 35.0 Å². The molecule has 31 heavy (non-hydrogen) atoms. The summed E-state index contributed by atoms with van der Waals surface area (Å²) in [6, 6.07) is 11.5. The van der Waals surface area contributed by atoms with Crippen LogP contribution in [0.5, 0.6) is 0 Å². The highest BCUT2D eigenvalue weighted by Gasteiger charge is 2.32. The van der Waals surface area contributed by atoms with Crippen LogP contribution in [0.25, 0.3) is 0 Å². The number of halogens is 3. The minimum atomic E-state index is -4.46. The van der Waals surface area contributed by atoms with Crippen molar-refractivity contribution in [2.75, 3.05) is 54.4 Å². The van der Waals surface area contributed by atoms with Crippen LogP contribution < -0.4 is 15.1 Å². The standard InChI is InChI=1S/C23H27F3N4O/c1-17-5-4-6-19(15-17)28-11-13-30(14-12-28)22(31)27-20-16-18(23(24,25)26)7-8-21(20)29-9-2-3-10-29/h4-8,15-16H,2-3,9-14H2,1H3,(H,27,31). The molecule has 4 rings (SSSR count). The number of aryl methyl sites for hydroxylation is 1. The van der Waals surface area contributed by atoms with Gasteiger partial charge in [-0.1, -0.05) is 12.1 Å². The summed E-state index contributed by atoms with van der Waals surface area (Å²) < 4.78 is 39.8. The van der Waals surface area contributed by atoms with Gasteiger partial charge in [-0.25, -0.2) is 4.79 Å². The fourth-order valence-electron chi connectivity index (χ4n) is 4.23. The first kappa shape index (κ1) is 21.3. The maximum atomic E-state index is 13.3. The second kappa shape index (κ2) is 8.69. The van der Waals surface area contributed by atoms with E-state index in [0.29, 0.717) is 31.9 Å². The number of amides is 2. The summed E-state index contributed by atoms with van der Waals surface area (Å²) >= 11 is 0. The lowest BCUT2D eigenvalue weighted by Gasteiger charge is -2.36. The molecular weight excluding hydrogens is 405 g/mol. The number of anilines is 3. The van der Waals surface area contributed by atoms with E-state index in [9.17, 15) is 18.0 Å². The number of piperazine rings is 1. The number of benzene rings is 2. The van der Waals surface area contributed by atoms with Gasteiger partial charge in [-0.2, -0.15) is 13.2 Å². The second-order valence-electron chi connectivity index (χ2n) is 8.17. The van der Waals surface area contributed by atoms with Gasteiger partial charge in [0.2, 0.25) is 0 Å². The number of carbonyl (C=O) groups excluding carboxylic acids is 1. The van der Waals surface area contributed by atoms with Crippen molar-refractivity contribution in [1.29, 1.82) is 0 Å². The van der Waals surface area contributed by atoms with E-state index in [-0.39, 0.29) is 11.7 Å². The molecule has 0 atom stereocenters. The monoisotopic (exact) mass is 432 g/mol. The smallest absolute Gasteiger partial charge is 0.370 e. The lowest BCUT2D eigenvalue weighted by molar-refractivity contribution is -0.137. The van der Waals surface area contributed by atoms with Crippen molar-refractivity contribution >= 4 is 23.1 Å². The van der Waals surface area contributed by atoms with Gasteiger partial charge in [0.25, 0.3) is 0 Å². The molecule has 0 unspecified atom stereocenters. The number of urea groups is 1. The van der Waals surface area contributed by atoms with E-state index < -0.39 is 11.7 Å². The molecule has 8 heteroatoms. The zero-order valence-electron chi connectivity index (χ0n) is 17.6. The molecule has 2 aromatic rings. The van der Waals surface area contributed by atoms with Gasteiger partial charge < -0.3 is 20.0 Å². The van der Waals surface area contributed by atoms with Crippen molar-refractivity contribution in [2.24, 2.45) is 0 Å². The van der Waals surface area contributed by atoms with Gasteiger partial charge in [-0.15, -0.1) is 0 Å². The Morgan fingerprint density at radius 3 is 2.26 bits per heavy atom. The fraction of sp³-hybridized carbons (Fsp3) is 0.435. The van der Waals surface area contributed by atoms with E-state index >= 15 is 0 Å². The number of rotatable bonds is 3. The zero-order valence-corrected chi connectivity index (χ0v) is 17.6. The highest BCUT2D eigenvalue weighted by molar-refractivity contribution is 5.93. The summed E-state index contributed by atoms with van der Waals surface area (Å²) in [5.74, 6) is 0. The van der Waals surface area contributed by atoms with E-state index in [0.717, 1.165) is 43.8 Å². The van der Waals surface area contributed by atoms with Crippen LogP contribution in [0.3, 0.4) is 0 Å². The Balaban J connectivity index is 1.46. The zero-order chi connectivity index (χ0) is 22.0. The molecule has 0 saturated carbocycles. The minimum Gasteiger partial charge on any atom is -0.370 e. The molecule has 2 heterocycles. The van der Waals surface area contributed by atoms with Gasteiger partial charge in [-0.05, 0) is 55.7 Å². The summed E-state index contributed by atoms with van der Waals surface area (Å²) in [5.41, 5.74) is 2.42. The molecule has 2 amide bonds. The third-order valence-electron chi connectivity index (χ3n) is 5.95. The molecule has 0 aromatic heterocycles. The maximum absolute atomic E-state index is 13.3. The third-order valence-corrected chi connectivity index (χ3v) is 5.95. The van der Waals surface area contributed by atoms with E-state index in [1.165, 1.54) is 11.6 Å². The first-order valence-electron chi connectivity index (χ1n) is 10.6. The van der Waals surface area contributed by atoms with E-state index in [1.807, 2.05) is 30.0 Å². The van der Waals surface area contributed by atoms with Crippen LogP contribution in [0, 0.1) is 6.92 Å². The van der Waals surface area contributed by atoms with Gasteiger partial charge in [0.15, 0.2) is 0 Å². The minimum absolute atomic E-state index is 0.225. The molecule has 1 N–H and O–H groups in total. The van der Waals surface area contributed by atoms with Gasteiger partial charge in [0.05, 0.1) is 16.9 Å². The summed E-state index contributed by atoms with van der Waals surface area (Å²) in [4.78, 5) is 18.8. The number of hydrogen-bond acceptors (Lipinski definition) is 3. The van der Waals surface area contributed by atoms with Crippen molar-refractivity contribution < 1.29 is 18.0 Å². The Morgan fingerprint density at radius 1 is 0.903 bits per heavy atom. The molecule has 166 valence electrons. The summed E-state index contributed by atoms with van der Waals surface area (Å²) in [5, 5.41) is 2.76. The number of hydrogen-bond donors (Lipinski definition) is 1. The third kappa shape index (κ3) is 4.89. The van der Waals surface area contributed by atoms with E-state index in [1.54, 1.807) is 4.90 Å². The Labute approximate surface area is 180 Å². The van der Waals surface area contributed by atoms with Gasteiger partial charge in [-0.3, -0.25) is 0 Å². The largest absolute Gasteiger partial charge is 0.416 e. The molecule has 0 aliphatic carbocycles. The van der Waals surface area contributed by atoms with Crippen molar-refractivity contribution in [2.45, 2.75) is 25.9 Å². The average Bonchev–Trinajstić information content (AvgIpc) is 3.28. The molecule has 0 spiro atoms. The summed E-state index contributed by atoms with van der Waals surface area (Å²) in [6.07, 6.45) is -2.47. The SMILES string of the molecule is Cc1cccc(N2CCN(C(=O)Nc3cc(C(F)(F)F)ccc3N3CCCC3)CC2)c1. The van der Waals surface area contributed by atoms with Crippen molar-refractivity contribution in [3.8, 4) is 0 Å². The maximum Gasteiger partial charge on any atom is 0.416 e. The first-order valence-corrected chi connectivity index (χ1v) is 10.6. The van der Waals surface area contributed by atoms with Gasteiger partial charge >= 0.3 is 12.2 Å². The number of nitrogens with zero attached hydrogens (tertiary/aromatic N) is 3. The predicted octanol–water partition coefficient (Wildman–Crippen LogP) is 4.97. The lowest BCUT2D eigenvalue weighted by Crippen LogP contribution is -2.50. The molecule has 0 bridgehead atoms. The van der Waals surface area contributed by atoms with Crippen molar-refractivity contribution in [3.63, 3.8) is 0 Å². The Hall–Kier alpha value is -2.90. The molecule has 2 aliphatic rings. The van der Waals surface area contributed by atoms with Crippen LogP contribution >= 0.6 is 0 Å². The molecule has 2 saturated heterocycles.